The highest BCUT2D eigenvalue weighted by atomic mass is 35.5. The van der Waals surface area contributed by atoms with Crippen LogP contribution in [0.25, 0.3) is 0 Å². The van der Waals surface area contributed by atoms with E-state index in [0.717, 1.165) is 10.1 Å². The molecule has 1 N–H and O–H groups in total. The van der Waals surface area contributed by atoms with E-state index < -0.39 is 15.9 Å². The second kappa shape index (κ2) is 8.87. The normalized spacial score (nSPS) is 18.4. The topological polar surface area (TPSA) is 92.3 Å². The number of hydrogen-bond donors (Lipinski definition) is 1. The SMILES string of the molecule is CCSc1nnc(NC(=O)C2CCCN(S(=O)(=O)c3ccc(Cl)cc3)C2)s1. The predicted octanol–water partition coefficient (Wildman–Crippen LogP) is 3.34. The number of thioether (sulfide) groups is 1. The molecule has 0 radical (unpaired) electrons. The van der Waals surface area contributed by atoms with E-state index in [4.69, 9.17) is 11.6 Å². The Morgan fingerprint density at radius 2 is 2.11 bits per heavy atom. The third-order valence-corrected chi connectivity index (χ3v) is 8.10. The molecule has 0 bridgehead atoms. The number of aromatic nitrogens is 2. The Morgan fingerprint density at radius 1 is 1.37 bits per heavy atom. The lowest BCUT2D eigenvalue weighted by Crippen LogP contribution is -2.43. The van der Waals surface area contributed by atoms with Crippen molar-refractivity contribution in [2.45, 2.75) is 29.0 Å². The minimum atomic E-state index is -3.66. The number of piperidine rings is 1. The molecule has 27 heavy (non-hydrogen) atoms. The molecule has 7 nitrogen and oxygen atoms in total. The first-order valence-corrected chi connectivity index (χ1v) is 12.0. The number of carbonyl (C=O) groups excluding carboxylic acids is 1. The average molecular weight is 447 g/mol. The molecule has 1 aromatic heterocycles. The summed E-state index contributed by atoms with van der Waals surface area (Å²) in [5.41, 5.74) is 0. The van der Waals surface area contributed by atoms with Gasteiger partial charge in [0.05, 0.1) is 10.8 Å². The van der Waals surface area contributed by atoms with Gasteiger partial charge in [-0.15, -0.1) is 10.2 Å². The smallest absolute Gasteiger partial charge is 0.243 e. The summed E-state index contributed by atoms with van der Waals surface area (Å²) in [5, 5.41) is 11.6. The first-order chi connectivity index (χ1) is 12.9. The van der Waals surface area contributed by atoms with Crippen LogP contribution >= 0.6 is 34.7 Å². The van der Waals surface area contributed by atoms with Gasteiger partial charge in [-0.1, -0.05) is 41.6 Å². The van der Waals surface area contributed by atoms with Crippen LogP contribution < -0.4 is 5.32 Å². The van der Waals surface area contributed by atoms with E-state index in [1.807, 2.05) is 6.92 Å². The van der Waals surface area contributed by atoms with Crippen molar-refractivity contribution in [2.24, 2.45) is 5.92 Å². The van der Waals surface area contributed by atoms with Gasteiger partial charge in [0.2, 0.25) is 21.1 Å². The highest BCUT2D eigenvalue weighted by molar-refractivity contribution is 8.01. The molecule has 1 atom stereocenters. The van der Waals surface area contributed by atoms with Crippen molar-refractivity contribution in [1.29, 1.82) is 0 Å². The minimum absolute atomic E-state index is 0.145. The van der Waals surface area contributed by atoms with Crippen LogP contribution in [0.5, 0.6) is 0 Å². The van der Waals surface area contributed by atoms with Gasteiger partial charge in [0.15, 0.2) is 4.34 Å². The number of sulfonamides is 1. The average Bonchev–Trinajstić information content (AvgIpc) is 3.09. The Bertz CT molecular complexity index is 902. The van der Waals surface area contributed by atoms with E-state index in [0.29, 0.717) is 29.5 Å². The molecular formula is C16H19ClN4O3S3. The Labute approximate surface area is 171 Å². The number of rotatable bonds is 6. The molecule has 1 unspecified atom stereocenters. The van der Waals surface area contributed by atoms with Crippen LogP contribution in [-0.2, 0) is 14.8 Å². The fraction of sp³-hybridized carbons (Fsp3) is 0.438. The number of nitrogens with one attached hydrogen (secondary N) is 1. The number of halogens is 1. The van der Waals surface area contributed by atoms with Crippen LogP contribution in [0.3, 0.4) is 0 Å². The number of benzene rings is 1. The third-order valence-electron chi connectivity index (χ3n) is 4.11. The maximum absolute atomic E-state index is 12.8. The Hall–Kier alpha value is -1.20. The maximum Gasteiger partial charge on any atom is 0.243 e. The molecule has 2 aromatic rings. The zero-order chi connectivity index (χ0) is 19.4. The monoisotopic (exact) mass is 446 g/mol. The molecule has 0 spiro atoms. The van der Waals surface area contributed by atoms with Crippen molar-refractivity contribution in [2.75, 3.05) is 24.2 Å². The standard InChI is InChI=1S/C16H19ClN4O3S3/c1-2-25-16-20-19-15(26-16)18-14(22)11-4-3-9-21(10-11)27(23,24)13-7-5-12(17)6-8-13/h5-8,11H,2-4,9-10H2,1H3,(H,18,19,22). The summed E-state index contributed by atoms with van der Waals surface area (Å²) >= 11 is 8.71. The Balaban J connectivity index is 1.67. The Morgan fingerprint density at radius 3 is 2.81 bits per heavy atom. The van der Waals surface area contributed by atoms with Gasteiger partial charge in [0.25, 0.3) is 0 Å². The summed E-state index contributed by atoms with van der Waals surface area (Å²) in [6.07, 6.45) is 1.26. The molecular weight excluding hydrogens is 428 g/mol. The number of amides is 1. The quantitative estimate of drug-likeness (QED) is 0.540. The minimum Gasteiger partial charge on any atom is -0.300 e. The molecule has 1 aliphatic rings. The molecule has 3 rings (SSSR count). The lowest BCUT2D eigenvalue weighted by atomic mass is 9.99. The summed E-state index contributed by atoms with van der Waals surface area (Å²) in [6.45, 7) is 2.55. The maximum atomic E-state index is 12.8. The lowest BCUT2D eigenvalue weighted by molar-refractivity contribution is -0.120. The fourth-order valence-corrected chi connectivity index (χ4v) is 6.08. The molecule has 146 valence electrons. The third kappa shape index (κ3) is 5.00. The van der Waals surface area contributed by atoms with Crippen molar-refractivity contribution in [3.05, 3.63) is 29.3 Å². The first kappa shape index (κ1) is 20.5. The van der Waals surface area contributed by atoms with Crippen molar-refractivity contribution < 1.29 is 13.2 Å². The van der Waals surface area contributed by atoms with Crippen LogP contribution in [0, 0.1) is 5.92 Å². The van der Waals surface area contributed by atoms with Crippen LogP contribution in [0.4, 0.5) is 5.13 Å². The number of anilines is 1. The van der Waals surface area contributed by atoms with Gasteiger partial charge in [-0.2, -0.15) is 4.31 Å². The second-order valence-corrected chi connectivity index (χ2v) is 10.8. The number of hydrogen-bond acceptors (Lipinski definition) is 7. The van der Waals surface area contributed by atoms with Gasteiger partial charge in [-0.05, 0) is 42.9 Å². The highest BCUT2D eigenvalue weighted by Gasteiger charge is 2.33. The molecule has 0 aliphatic carbocycles. The molecule has 0 saturated carbocycles. The molecule has 1 fully saturated rings. The highest BCUT2D eigenvalue weighted by Crippen LogP contribution is 2.28. The van der Waals surface area contributed by atoms with Crippen molar-refractivity contribution in [3.8, 4) is 0 Å². The molecule has 1 aromatic carbocycles. The van der Waals surface area contributed by atoms with Crippen LogP contribution in [0.1, 0.15) is 19.8 Å². The molecule has 2 heterocycles. The van der Waals surface area contributed by atoms with Crippen molar-refractivity contribution >= 4 is 55.8 Å². The van der Waals surface area contributed by atoms with Gasteiger partial charge in [-0.25, -0.2) is 8.42 Å². The molecule has 1 amide bonds. The van der Waals surface area contributed by atoms with Crippen molar-refractivity contribution in [1.82, 2.24) is 14.5 Å². The molecule has 1 saturated heterocycles. The van der Waals surface area contributed by atoms with E-state index in [9.17, 15) is 13.2 Å². The summed E-state index contributed by atoms with van der Waals surface area (Å²) in [7, 11) is -3.66. The largest absolute Gasteiger partial charge is 0.300 e. The van der Waals surface area contributed by atoms with Gasteiger partial charge in [-0.3, -0.25) is 4.79 Å². The van der Waals surface area contributed by atoms with Crippen LogP contribution in [0.2, 0.25) is 5.02 Å². The number of carbonyl (C=O) groups is 1. The van der Waals surface area contributed by atoms with Crippen LogP contribution in [0.15, 0.2) is 33.5 Å². The number of nitrogens with zero attached hydrogens (tertiary/aromatic N) is 3. The molecule has 1 aliphatic heterocycles. The van der Waals surface area contributed by atoms with Gasteiger partial charge < -0.3 is 5.32 Å². The first-order valence-electron chi connectivity index (χ1n) is 8.43. The van der Waals surface area contributed by atoms with E-state index in [1.165, 1.54) is 27.8 Å². The van der Waals surface area contributed by atoms with Crippen molar-refractivity contribution in [3.63, 3.8) is 0 Å². The zero-order valence-corrected chi connectivity index (χ0v) is 17.8. The summed E-state index contributed by atoms with van der Waals surface area (Å²) in [6, 6.07) is 6.05. The predicted molar refractivity (Wildman–Crippen MR) is 108 cm³/mol. The van der Waals surface area contributed by atoms with E-state index >= 15 is 0 Å². The summed E-state index contributed by atoms with van der Waals surface area (Å²) in [5.74, 6) is 0.227. The Kier molecular flexibility index (Phi) is 6.74. The van der Waals surface area contributed by atoms with Crippen LogP contribution in [-0.4, -0.2) is 47.7 Å². The second-order valence-electron chi connectivity index (χ2n) is 5.95. The van der Waals surface area contributed by atoms with Gasteiger partial charge in [0, 0.05) is 18.1 Å². The van der Waals surface area contributed by atoms with E-state index in [1.54, 1.807) is 23.9 Å². The van der Waals surface area contributed by atoms with E-state index in [-0.39, 0.29) is 17.3 Å². The van der Waals surface area contributed by atoms with E-state index in [2.05, 4.69) is 15.5 Å². The van der Waals surface area contributed by atoms with Gasteiger partial charge >= 0.3 is 0 Å². The van der Waals surface area contributed by atoms with Gasteiger partial charge in [0.1, 0.15) is 0 Å². The fourth-order valence-electron chi connectivity index (χ4n) is 2.78. The summed E-state index contributed by atoms with van der Waals surface area (Å²) in [4.78, 5) is 12.7. The molecule has 11 heteroatoms. The lowest BCUT2D eigenvalue weighted by Gasteiger charge is -2.31. The zero-order valence-electron chi connectivity index (χ0n) is 14.6. The summed E-state index contributed by atoms with van der Waals surface area (Å²) < 4.78 is 27.8.